The van der Waals surface area contributed by atoms with E-state index in [0.29, 0.717) is 12.2 Å². The van der Waals surface area contributed by atoms with E-state index in [4.69, 9.17) is 5.11 Å². The van der Waals surface area contributed by atoms with Crippen LogP contribution in [0.3, 0.4) is 0 Å². The van der Waals surface area contributed by atoms with Gasteiger partial charge in [-0.25, -0.2) is 14.5 Å². The minimum atomic E-state index is -1.12. The molecule has 106 valence electrons. The van der Waals surface area contributed by atoms with E-state index in [2.05, 4.69) is 26.0 Å². The molecule has 0 fully saturated rings. The van der Waals surface area contributed by atoms with Gasteiger partial charge in [0, 0.05) is 10.9 Å². The fraction of sp³-hybridized carbons (Fsp3) is 0.133. The third-order valence-electron chi connectivity index (χ3n) is 3.21. The van der Waals surface area contributed by atoms with E-state index in [1.807, 2.05) is 43.3 Å². The number of fused-ring (bicyclic) bond motifs is 1. The Morgan fingerprint density at radius 3 is 2.67 bits per heavy atom. The molecule has 3 rings (SSSR count). The molecule has 0 radical (unpaired) electrons. The van der Waals surface area contributed by atoms with Gasteiger partial charge < -0.3 is 5.11 Å². The number of carboxylic acids is 1. The van der Waals surface area contributed by atoms with Gasteiger partial charge in [0.05, 0.1) is 5.69 Å². The van der Waals surface area contributed by atoms with Crippen molar-refractivity contribution in [3.63, 3.8) is 0 Å². The quantitative estimate of drug-likeness (QED) is 0.789. The highest BCUT2D eigenvalue weighted by atomic mass is 79.9. The molecule has 1 aromatic heterocycles. The van der Waals surface area contributed by atoms with Crippen LogP contribution in [-0.2, 0) is 6.42 Å². The van der Waals surface area contributed by atoms with Crippen LogP contribution in [-0.4, -0.2) is 25.8 Å². The first-order valence-corrected chi connectivity index (χ1v) is 7.26. The molecule has 21 heavy (non-hydrogen) atoms. The van der Waals surface area contributed by atoms with E-state index in [-0.39, 0.29) is 5.82 Å². The summed E-state index contributed by atoms with van der Waals surface area (Å²) in [6.45, 7) is 1.92. The van der Waals surface area contributed by atoms with Crippen molar-refractivity contribution in [1.82, 2.24) is 14.8 Å². The molecule has 0 spiro atoms. The molecule has 0 bridgehead atoms. The van der Waals surface area contributed by atoms with Crippen molar-refractivity contribution in [2.45, 2.75) is 13.3 Å². The van der Waals surface area contributed by atoms with E-state index < -0.39 is 5.97 Å². The van der Waals surface area contributed by atoms with Crippen molar-refractivity contribution in [1.29, 1.82) is 0 Å². The van der Waals surface area contributed by atoms with E-state index in [1.165, 1.54) is 0 Å². The first-order chi connectivity index (χ1) is 10.1. The summed E-state index contributed by atoms with van der Waals surface area (Å²) in [5.74, 6) is -0.667. The number of hydrogen-bond donors (Lipinski definition) is 1. The maximum absolute atomic E-state index is 11.0. The molecule has 0 saturated carbocycles. The van der Waals surface area contributed by atoms with Crippen molar-refractivity contribution in [2.75, 3.05) is 0 Å². The first kappa shape index (κ1) is 13.8. The second-order valence-electron chi connectivity index (χ2n) is 4.60. The van der Waals surface area contributed by atoms with Gasteiger partial charge in [0.2, 0.25) is 0 Å². The molecule has 1 N–H and O–H groups in total. The second-order valence-corrected chi connectivity index (χ2v) is 5.51. The number of halogens is 1. The molecule has 0 aliphatic heterocycles. The van der Waals surface area contributed by atoms with Crippen molar-refractivity contribution in [2.24, 2.45) is 0 Å². The SMILES string of the molecule is CCc1nc(C(=O)O)nn1-c1ccc2cc(Br)ccc2c1. The highest BCUT2D eigenvalue weighted by molar-refractivity contribution is 9.10. The molecule has 0 saturated heterocycles. The van der Waals surface area contributed by atoms with Crippen molar-refractivity contribution in [3.05, 3.63) is 52.5 Å². The van der Waals surface area contributed by atoms with E-state index >= 15 is 0 Å². The number of aryl methyl sites for hydroxylation is 1. The summed E-state index contributed by atoms with van der Waals surface area (Å²) in [6, 6.07) is 11.9. The number of nitrogens with zero attached hydrogens (tertiary/aromatic N) is 3. The van der Waals surface area contributed by atoms with Gasteiger partial charge in [-0.3, -0.25) is 0 Å². The summed E-state index contributed by atoms with van der Waals surface area (Å²) in [7, 11) is 0. The summed E-state index contributed by atoms with van der Waals surface area (Å²) in [6.07, 6.45) is 0.610. The Morgan fingerprint density at radius 1 is 1.24 bits per heavy atom. The number of carbonyl (C=O) groups is 1. The number of carboxylic acid groups (broad SMARTS) is 1. The molecule has 1 heterocycles. The van der Waals surface area contributed by atoms with Crippen LogP contribution >= 0.6 is 15.9 Å². The van der Waals surface area contributed by atoms with Crippen LogP contribution in [0.15, 0.2) is 40.9 Å². The van der Waals surface area contributed by atoms with Crippen LogP contribution in [0.5, 0.6) is 0 Å². The van der Waals surface area contributed by atoms with Crippen molar-refractivity contribution >= 4 is 32.7 Å². The third-order valence-corrected chi connectivity index (χ3v) is 3.71. The Kier molecular flexibility index (Phi) is 3.47. The van der Waals surface area contributed by atoms with Gasteiger partial charge in [0.1, 0.15) is 5.82 Å². The Labute approximate surface area is 129 Å². The third kappa shape index (κ3) is 2.54. The van der Waals surface area contributed by atoms with Gasteiger partial charge in [-0.1, -0.05) is 35.0 Å². The lowest BCUT2D eigenvalue weighted by molar-refractivity contribution is 0.0683. The average Bonchev–Trinajstić information content (AvgIpc) is 2.91. The van der Waals surface area contributed by atoms with Crippen LogP contribution in [0, 0.1) is 0 Å². The number of aromatic nitrogens is 3. The van der Waals surface area contributed by atoms with Crippen LogP contribution in [0.1, 0.15) is 23.4 Å². The molecule has 3 aromatic rings. The zero-order valence-electron chi connectivity index (χ0n) is 11.2. The minimum Gasteiger partial charge on any atom is -0.475 e. The molecule has 5 nitrogen and oxygen atoms in total. The molecule has 0 unspecified atom stereocenters. The monoisotopic (exact) mass is 345 g/mol. The number of hydrogen-bond acceptors (Lipinski definition) is 3. The summed E-state index contributed by atoms with van der Waals surface area (Å²) < 4.78 is 2.61. The normalized spacial score (nSPS) is 11.0. The van der Waals surface area contributed by atoms with Gasteiger partial charge in [0.15, 0.2) is 0 Å². The molecular formula is C15H12BrN3O2. The van der Waals surface area contributed by atoms with Crippen LogP contribution in [0.25, 0.3) is 16.5 Å². The Balaban J connectivity index is 2.15. The highest BCUT2D eigenvalue weighted by Gasteiger charge is 2.15. The van der Waals surface area contributed by atoms with Gasteiger partial charge >= 0.3 is 5.97 Å². The van der Waals surface area contributed by atoms with Gasteiger partial charge in [-0.05, 0) is 35.0 Å². The van der Waals surface area contributed by atoms with Crippen LogP contribution < -0.4 is 0 Å². The molecular weight excluding hydrogens is 334 g/mol. The maximum Gasteiger partial charge on any atom is 0.375 e. The molecule has 0 aliphatic rings. The van der Waals surface area contributed by atoms with Crippen molar-refractivity contribution < 1.29 is 9.90 Å². The number of benzene rings is 2. The summed E-state index contributed by atoms with van der Waals surface area (Å²) >= 11 is 3.45. The maximum atomic E-state index is 11.0. The zero-order valence-corrected chi connectivity index (χ0v) is 12.8. The van der Waals surface area contributed by atoms with E-state index in [0.717, 1.165) is 20.9 Å². The van der Waals surface area contributed by atoms with Gasteiger partial charge in [0.25, 0.3) is 5.82 Å². The smallest absolute Gasteiger partial charge is 0.375 e. The van der Waals surface area contributed by atoms with Crippen LogP contribution in [0.4, 0.5) is 0 Å². The predicted octanol–water partition coefficient (Wildman–Crippen LogP) is 3.44. The topological polar surface area (TPSA) is 68.0 Å². The Bertz CT molecular complexity index is 842. The lowest BCUT2D eigenvalue weighted by Gasteiger charge is -2.06. The number of rotatable bonds is 3. The fourth-order valence-electron chi connectivity index (χ4n) is 2.21. The zero-order chi connectivity index (χ0) is 15.0. The average molecular weight is 346 g/mol. The molecule has 2 aromatic carbocycles. The largest absolute Gasteiger partial charge is 0.475 e. The lowest BCUT2D eigenvalue weighted by Crippen LogP contribution is -2.03. The number of aromatic carboxylic acids is 1. The highest BCUT2D eigenvalue weighted by Crippen LogP contribution is 2.23. The van der Waals surface area contributed by atoms with Crippen molar-refractivity contribution in [3.8, 4) is 5.69 Å². The van der Waals surface area contributed by atoms with Gasteiger partial charge in [-0.2, -0.15) is 0 Å². The molecule has 0 amide bonds. The van der Waals surface area contributed by atoms with E-state index in [1.54, 1.807) is 4.68 Å². The second kappa shape index (κ2) is 5.29. The fourth-order valence-corrected chi connectivity index (χ4v) is 2.59. The van der Waals surface area contributed by atoms with Crippen LogP contribution in [0.2, 0.25) is 0 Å². The lowest BCUT2D eigenvalue weighted by atomic mass is 10.1. The first-order valence-electron chi connectivity index (χ1n) is 6.47. The Morgan fingerprint density at radius 2 is 1.95 bits per heavy atom. The summed E-state index contributed by atoms with van der Waals surface area (Å²) in [5.41, 5.74) is 0.807. The molecule has 0 aliphatic carbocycles. The van der Waals surface area contributed by atoms with Gasteiger partial charge in [-0.15, -0.1) is 5.10 Å². The molecule has 0 atom stereocenters. The van der Waals surface area contributed by atoms with E-state index in [9.17, 15) is 4.79 Å². The summed E-state index contributed by atoms with van der Waals surface area (Å²) in [5, 5.41) is 15.3. The molecule has 6 heteroatoms. The Hall–Kier alpha value is -2.21. The summed E-state index contributed by atoms with van der Waals surface area (Å²) in [4.78, 5) is 15.1. The standard InChI is InChI=1S/C15H12BrN3O2/c1-2-13-17-14(15(20)21)18-19(13)12-6-4-9-7-11(16)5-3-10(9)8-12/h3-8H,2H2,1H3,(H,20,21). The predicted molar refractivity (Wildman–Crippen MR) is 82.9 cm³/mol. The minimum absolute atomic E-state index is 0.178.